The summed E-state index contributed by atoms with van der Waals surface area (Å²) in [6.45, 7) is 5.35. The van der Waals surface area contributed by atoms with Crippen molar-refractivity contribution in [1.82, 2.24) is 10.2 Å². The van der Waals surface area contributed by atoms with Gasteiger partial charge >= 0.3 is 5.97 Å². The van der Waals surface area contributed by atoms with E-state index in [1.165, 1.54) is 6.92 Å². The first-order valence-corrected chi connectivity index (χ1v) is 4.74. The lowest BCUT2D eigenvalue weighted by atomic mass is 10.2. The van der Waals surface area contributed by atoms with Crippen molar-refractivity contribution in [2.24, 2.45) is 0 Å². The molecule has 1 aliphatic heterocycles. The van der Waals surface area contributed by atoms with Gasteiger partial charge in [0.1, 0.15) is 0 Å². The van der Waals surface area contributed by atoms with Crippen LogP contribution in [0.5, 0.6) is 0 Å². The average Bonchev–Trinajstić information content (AvgIpc) is 2.14. The molecule has 1 N–H and O–H groups in total. The lowest BCUT2D eigenvalue weighted by Gasteiger charge is -2.31. The number of carbonyl (C=O) groups excluding carboxylic acids is 2. The molecule has 6 heteroatoms. The third-order valence-electron chi connectivity index (χ3n) is 2.12. The van der Waals surface area contributed by atoms with Crippen molar-refractivity contribution < 1.29 is 14.3 Å². The summed E-state index contributed by atoms with van der Waals surface area (Å²) < 4.78 is 4.64. The number of ether oxygens (including phenoxy) is 1. The zero-order valence-corrected chi connectivity index (χ0v) is 9.80. The van der Waals surface area contributed by atoms with Crippen molar-refractivity contribution in [3.8, 4) is 0 Å². The van der Waals surface area contributed by atoms with Gasteiger partial charge in [-0.25, -0.2) is 0 Å². The lowest BCUT2D eigenvalue weighted by molar-refractivity contribution is -0.150. The van der Waals surface area contributed by atoms with E-state index in [4.69, 9.17) is 0 Å². The summed E-state index contributed by atoms with van der Waals surface area (Å²) in [6.07, 6.45) is 0. The van der Waals surface area contributed by atoms with Crippen LogP contribution in [-0.4, -0.2) is 49.1 Å². The molecule has 0 aromatic rings. The standard InChI is InChI=1S/C9H16N2O3.ClH/c1-7-5-11(4-3-10-7)9(13)6-14-8(2)12;/h7,10H,3-6H2,1-2H3;1H/t7-;/m0./s1. The van der Waals surface area contributed by atoms with E-state index >= 15 is 0 Å². The molecule has 5 nitrogen and oxygen atoms in total. The minimum atomic E-state index is -0.415. The Kier molecular flexibility index (Phi) is 6.27. The number of halogens is 1. The fourth-order valence-electron chi connectivity index (χ4n) is 1.41. The van der Waals surface area contributed by atoms with Crippen LogP contribution < -0.4 is 5.32 Å². The third kappa shape index (κ3) is 4.99. The van der Waals surface area contributed by atoms with Crippen molar-refractivity contribution in [3.63, 3.8) is 0 Å². The molecule has 0 aromatic heterocycles. The van der Waals surface area contributed by atoms with Gasteiger partial charge in [-0.2, -0.15) is 0 Å². The summed E-state index contributed by atoms with van der Waals surface area (Å²) in [5, 5.41) is 3.23. The molecular weight excluding hydrogens is 220 g/mol. The monoisotopic (exact) mass is 236 g/mol. The molecule has 0 saturated carbocycles. The van der Waals surface area contributed by atoms with Crippen LogP contribution in [-0.2, 0) is 14.3 Å². The number of carbonyl (C=O) groups is 2. The summed E-state index contributed by atoms with van der Waals surface area (Å²) in [6, 6.07) is 0.310. The van der Waals surface area contributed by atoms with E-state index in [1.54, 1.807) is 4.90 Å². The fraction of sp³-hybridized carbons (Fsp3) is 0.778. The van der Waals surface area contributed by atoms with E-state index < -0.39 is 5.97 Å². The van der Waals surface area contributed by atoms with Gasteiger partial charge in [0.25, 0.3) is 5.91 Å². The van der Waals surface area contributed by atoms with Crippen molar-refractivity contribution in [2.45, 2.75) is 19.9 Å². The van der Waals surface area contributed by atoms with Crippen LogP contribution in [0.3, 0.4) is 0 Å². The van der Waals surface area contributed by atoms with E-state index in [0.29, 0.717) is 19.1 Å². The van der Waals surface area contributed by atoms with Crippen LogP contribution in [0.25, 0.3) is 0 Å². The first-order valence-electron chi connectivity index (χ1n) is 4.74. The Morgan fingerprint density at radius 3 is 2.73 bits per heavy atom. The quantitative estimate of drug-likeness (QED) is 0.675. The van der Waals surface area contributed by atoms with Gasteiger partial charge in [0.05, 0.1) is 0 Å². The molecule has 0 aromatic carbocycles. The number of amides is 1. The number of hydrogen-bond acceptors (Lipinski definition) is 4. The average molecular weight is 237 g/mol. The summed E-state index contributed by atoms with van der Waals surface area (Å²) in [5.74, 6) is -0.532. The van der Waals surface area contributed by atoms with E-state index in [-0.39, 0.29) is 24.9 Å². The zero-order valence-electron chi connectivity index (χ0n) is 8.99. The molecule has 1 rings (SSSR count). The second kappa shape index (κ2) is 6.63. The first kappa shape index (κ1) is 14.2. The minimum Gasteiger partial charge on any atom is -0.456 e. The maximum Gasteiger partial charge on any atom is 0.303 e. The number of piperazine rings is 1. The molecule has 1 amide bonds. The second-order valence-electron chi connectivity index (χ2n) is 3.48. The Hall–Kier alpha value is -0.810. The van der Waals surface area contributed by atoms with Crippen molar-refractivity contribution >= 4 is 24.3 Å². The molecule has 88 valence electrons. The first-order chi connectivity index (χ1) is 6.59. The molecule has 1 fully saturated rings. The van der Waals surface area contributed by atoms with Crippen LogP contribution in [0.15, 0.2) is 0 Å². The van der Waals surface area contributed by atoms with Gasteiger partial charge in [-0.3, -0.25) is 9.59 Å². The molecule has 1 heterocycles. The maximum absolute atomic E-state index is 11.5. The SMILES string of the molecule is CC(=O)OCC(=O)N1CCN[C@@H](C)C1.Cl. The highest BCUT2D eigenvalue weighted by molar-refractivity contribution is 5.85. The predicted molar refractivity (Wildman–Crippen MR) is 57.9 cm³/mol. The molecule has 15 heavy (non-hydrogen) atoms. The maximum atomic E-state index is 11.5. The second-order valence-corrected chi connectivity index (χ2v) is 3.48. The summed E-state index contributed by atoms with van der Waals surface area (Å²) in [4.78, 5) is 23.7. The molecule has 0 bridgehead atoms. The molecular formula is C9H17ClN2O3. The molecule has 1 atom stereocenters. The normalized spacial score (nSPS) is 20.4. The number of rotatable bonds is 2. The predicted octanol–water partition coefficient (Wildman–Crippen LogP) is -0.208. The molecule has 1 aliphatic rings. The van der Waals surface area contributed by atoms with Crippen LogP contribution in [0.1, 0.15) is 13.8 Å². The van der Waals surface area contributed by atoms with Crippen LogP contribution in [0.2, 0.25) is 0 Å². The summed E-state index contributed by atoms with van der Waals surface area (Å²) in [7, 11) is 0. The van der Waals surface area contributed by atoms with Crippen molar-refractivity contribution in [2.75, 3.05) is 26.2 Å². The van der Waals surface area contributed by atoms with E-state index in [2.05, 4.69) is 10.1 Å². The van der Waals surface area contributed by atoms with Gasteiger partial charge in [-0.05, 0) is 6.92 Å². The Morgan fingerprint density at radius 1 is 1.53 bits per heavy atom. The highest BCUT2D eigenvalue weighted by atomic mass is 35.5. The van der Waals surface area contributed by atoms with Gasteiger partial charge in [-0.1, -0.05) is 0 Å². The van der Waals surface area contributed by atoms with Crippen molar-refractivity contribution in [1.29, 1.82) is 0 Å². The topological polar surface area (TPSA) is 58.6 Å². The Balaban J connectivity index is 0.00000196. The van der Waals surface area contributed by atoms with Crippen molar-refractivity contribution in [3.05, 3.63) is 0 Å². The van der Waals surface area contributed by atoms with Gasteiger partial charge in [0, 0.05) is 32.6 Å². The number of esters is 1. The number of nitrogens with one attached hydrogen (secondary N) is 1. The van der Waals surface area contributed by atoms with E-state index in [1.807, 2.05) is 6.92 Å². The van der Waals surface area contributed by atoms with Gasteiger partial charge in [0.2, 0.25) is 0 Å². The summed E-state index contributed by atoms with van der Waals surface area (Å²) >= 11 is 0. The van der Waals surface area contributed by atoms with Gasteiger partial charge < -0.3 is 15.0 Å². The fourth-order valence-corrected chi connectivity index (χ4v) is 1.41. The van der Waals surface area contributed by atoms with Crippen LogP contribution in [0, 0.1) is 0 Å². The molecule has 0 unspecified atom stereocenters. The molecule has 1 saturated heterocycles. The Labute approximate surface area is 95.6 Å². The van der Waals surface area contributed by atoms with Crippen LogP contribution in [0.4, 0.5) is 0 Å². The van der Waals surface area contributed by atoms with E-state index in [9.17, 15) is 9.59 Å². The Morgan fingerprint density at radius 2 is 2.20 bits per heavy atom. The van der Waals surface area contributed by atoms with Gasteiger partial charge in [0.15, 0.2) is 6.61 Å². The third-order valence-corrected chi connectivity index (χ3v) is 2.12. The number of nitrogens with zero attached hydrogens (tertiary/aromatic N) is 1. The highest BCUT2D eigenvalue weighted by Crippen LogP contribution is 1.99. The number of hydrogen-bond donors (Lipinski definition) is 1. The minimum absolute atomic E-state index is 0. The summed E-state index contributed by atoms with van der Waals surface area (Å²) in [5.41, 5.74) is 0. The largest absolute Gasteiger partial charge is 0.456 e. The van der Waals surface area contributed by atoms with Crippen LogP contribution >= 0.6 is 12.4 Å². The lowest BCUT2D eigenvalue weighted by Crippen LogP contribution is -2.52. The highest BCUT2D eigenvalue weighted by Gasteiger charge is 2.20. The van der Waals surface area contributed by atoms with Gasteiger partial charge in [-0.15, -0.1) is 12.4 Å². The Bertz CT molecular complexity index is 235. The molecule has 0 aliphatic carbocycles. The zero-order chi connectivity index (χ0) is 10.6. The molecule has 0 radical (unpaired) electrons. The smallest absolute Gasteiger partial charge is 0.303 e. The van der Waals surface area contributed by atoms with E-state index in [0.717, 1.165) is 6.54 Å². The molecule has 0 spiro atoms.